The molecule has 2 N–H and O–H groups in total. The summed E-state index contributed by atoms with van der Waals surface area (Å²) in [5.41, 5.74) is 11.8. The van der Waals surface area contributed by atoms with E-state index >= 15 is 0 Å². The predicted molar refractivity (Wildman–Crippen MR) is 93.0 cm³/mol. The average molecular weight is 302 g/mol. The zero-order valence-corrected chi connectivity index (χ0v) is 14.0. The van der Waals surface area contributed by atoms with E-state index in [2.05, 4.69) is 58.0 Å². The van der Waals surface area contributed by atoms with Gasteiger partial charge in [0.05, 0.1) is 0 Å². The molecule has 1 nitrogen and oxygen atoms in total. The van der Waals surface area contributed by atoms with Crippen molar-refractivity contribution in [2.75, 3.05) is 0 Å². The number of hydrogen-bond donors (Lipinski definition) is 1. The lowest BCUT2D eigenvalue weighted by molar-refractivity contribution is 0.835. The molecule has 0 heterocycles. The van der Waals surface area contributed by atoms with Gasteiger partial charge in [0.2, 0.25) is 0 Å². The van der Waals surface area contributed by atoms with Crippen LogP contribution in [0.25, 0.3) is 11.1 Å². The molecule has 0 aliphatic carbocycles. The minimum absolute atomic E-state index is 0.462. The smallest absolute Gasteiger partial charge is 0.0487 e. The topological polar surface area (TPSA) is 26.0 Å². The molecule has 0 radical (unpaired) electrons. The average Bonchev–Trinajstić information content (AvgIpc) is 2.46. The maximum Gasteiger partial charge on any atom is 0.0487 e. The Kier molecular flexibility index (Phi) is 5.08. The number of nitrogens with two attached hydrogens (primary N) is 1. The van der Waals surface area contributed by atoms with Crippen LogP contribution in [0.5, 0.6) is 0 Å². The molecule has 112 valence electrons. The van der Waals surface area contributed by atoms with Gasteiger partial charge in [0.25, 0.3) is 0 Å². The third-order valence-corrected chi connectivity index (χ3v) is 4.24. The fourth-order valence-electron chi connectivity index (χ4n) is 2.57. The van der Waals surface area contributed by atoms with Gasteiger partial charge in [0.15, 0.2) is 0 Å². The van der Waals surface area contributed by atoms with Crippen LogP contribution in [-0.4, -0.2) is 0 Å². The van der Waals surface area contributed by atoms with E-state index in [0.717, 1.165) is 16.1 Å². The van der Waals surface area contributed by atoms with Crippen LogP contribution < -0.4 is 5.73 Å². The standard InChI is InChI=1S/C19H24ClN/c1-12(2)15-6-8-16(18(10-15)13(3)4)17-7-5-14(11-21)9-19(17)20/h5-10,12-13H,11,21H2,1-4H3. The Hall–Kier alpha value is -1.31. The minimum atomic E-state index is 0.462. The van der Waals surface area contributed by atoms with Crippen LogP contribution in [0.4, 0.5) is 0 Å². The van der Waals surface area contributed by atoms with Crippen molar-refractivity contribution >= 4 is 11.6 Å². The SMILES string of the molecule is CC(C)c1ccc(-c2ccc(CN)cc2Cl)c(C(C)C)c1. The molecule has 0 aliphatic rings. The van der Waals surface area contributed by atoms with Crippen LogP contribution in [0, 0.1) is 0 Å². The summed E-state index contributed by atoms with van der Waals surface area (Å²) in [6.45, 7) is 9.42. The largest absolute Gasteiger partial charge is 0.326 e. The molecule has 2 rings (SSSR count). The molecule has 0 amide bonds. The molecular weight excluding hydrogens is 278 g/mol. The number of rotatable bonds is 4. The van der Waals surface area contributed by atoms with Crippen LogP contribution in [0.1, 0.15) is 56.2 Å². The maximum atomic E-state index is 6.47. The summed E-state index contributed by atoms with van der Waals surface area (Å²) in [5, 5.41) is 0.775. The van der Waals surface area contributed by atoms with Gasteiger partial charge in [0.1, 0.15) is 0 Å². The van der Waals surface area contributed by atoms with Crippen LogP contribution in [0.2, 0.25) is 5.02 Å². The van der Waals surface area contributed by atoms with Crippen molar-refractivity contribution in [1.29, 1.82) is 0 Å². The number of halogens is 1. The Balaban J connectivity index is 2.58. The second-order valence-corrected chi connectivity index (χ2v) is 6.58. The predicted octanol–water partition coefficient (Wildman–Crippen LogP) is 5.71. The van der Waals surface area contributed by atoms with Crippen molar-refractivity contribution in [2.24, 2.45) is 5.73 Å². The molecular formula is C19H24ClN. The first-order chi connectivity index (χ1) is 9.93. The summed E-state index contributed by atoms with van der Waals surface area (Å²) >= 11 is 6.47. The van der Waals surface area contributed by atoms with Gasteiger partial charge in [0, 0.05) is 17.1 Å². The monoisotopic (exact) mass is 301 g/mol. The first-order valence-corrected chi connectivity index (χ1v) is 7.94. The van der Waals surface area contributed by atoms with Gasteiger partial charge in [-0.05, 0) is 40.2 Å². The maximum absolute atomic E-state index is 6.47. The Morgan fingerprint density at radius 1 is 0.905 bits per heavy atom. The van der Waals surface area contributed by atoms with Gasteiger partial charge in [-0.3, -0.25) is 0 Å². The van der Waals surface area contributed by atoms with E-state index in [4.69, 9.17) is 17.3 Å². The van der Waals surface area contributed by atoms with E-state index in [0.29, 0.717) is 18.4 Å². The summed E-state index contributed by atoms with van der Waals surface area (Å²) in [6, 6.07) is 12.8. The van der Waals surface area contributed by atoms with Gasteiger partial charge >= 0.3 is 0 Å². The van der Waals surface area contributed by atoms with Crippen molar-refractivity contribution in [3.8, 4) is 11.1 Å². The van der Waals surface area contributed by atoms with Gasteiger partial charge in [-0.1, -0.05) is 69.6 Å². The van der Waals surface area contributed by atoms with Gasteiger partial charge < -0.3 is 5.73 Å². The van der Waals surface area contributed by atoms with Crippen LogP contribution in [0.3, 0.4) is 0 Å². The molecule has 0 saturated carbocycles. The van der Waals surface area contributed by atoms with E-state index < -0.39 is 0 Å². The van der Waals surface area contributed by atoms with E-state index in [9.17, 15) is 0 Å². The second-order valence-electron chi connectivity index (χ2n) is 6.17. The lowest BCUT2D eigenvalue weighted by atomic mass is 9.88. The molecule has 21 heavy (non-hydrogen) atoms. The van der Waals surface area contributed by atoms with E-state index in [1.807, 2.05) is 6.07 Å². The highest BCUT2D eigenvalue weighted by Gasteiger charge is 2.13. The fourth-order valence-corrected chi connectivity index (χ4v) is 2.87. The van der Waals surface area contributed by atoms with E-state index in [1.54, 1.807) is 0 Å². The first kappa shape index (κ1) is 16.1. The van der Waals surface area contributed by atoms with E-state index in [-0.39, 0.29) is 0 Å². The fraction of sp³-hybridized carbons (Fsp3) is 0.368. The third-order valence-electron chi connectivity index (χ3n) is 3.92. The normalized spacial score (nSPS) is 11.4. The van der Waals surface area contributed by atoms with Gasteiger partial charge in [-0.25, -0.2) is 0 Å². The minimum Gasteiger partial charge on any atom is -0.326 e. The molecule has 0 unspecified atom stereocenters. The number of hydrogen-bond acceptors (Lipinski definition) is 1. The van der Waals surface area contributed by atoms with Crippen molar-refractivity contribution in [3.63, 3.8) is 0 Å². The van der Waals surface area contributed by atoms with Crippen LogP contribution >= 0.6 is 11.6 Å². The Labute approximate surface area is 133 Å². The zero-order chi connectivity index (χ0) is 15.6. The highest BCUT2D eigenvalue weighted by Crippen LogP contribution is 2.36. The molecule has 2 aromatic carbocycles. The van der Waals surface area contributed by atoms with Gasteiger partial charge in [-0.15, -0.1) is 0 Å². The highest BCUT2D eigenvalue weighted by molar-refractivity contribution is 6.33. The highest BCUT2D eigenvalue weighted by atomic mass is 35.5. The molecule has 0 fully saturated rings. The zero-order valence-electron chi connectivity index (χ0n) is 13.3. The van der Waals surface area contributed by atoms with Crippen LogP contribution in [0.15, 0.2) is 36.4 Å². The molecule has 2 aromatic rings. The lowest BCUT2D eigenvalue weighted by Gasteiger charge is -2.18. The molecule has 0 bridgehead atoms. The summed E-state index contributed by atoms with van der Waals surface area (Å²) in [6.07, 6.45) is 0. The van der Waals surface area contributed by atoms with Crippen molar-refractivity contribution in [1.82, 2.24) is 0 Å². The second kappa shape index (κ2) is 6.64. The Morgan fingerprint density at radius 3 is 2.10 bits per heavy atom. The quantitative estimate of drug-likeness (QED) is 0.768. The van der Waals surface area contributed by atoms with Crippen LogP contribution in [-0.2, 0) is 6.54 Å². The number of benzene rings is 2. The van der Waals surface area contributed by atoms with E-state index in [1.165, 1.54) is 16.7 Å². The molecule has 0 atom stereocenters. The lowest BCUT2D eigenvalue weighted by Crippen LogP contribution is -1.99. The molecule has 2 heteroatoms. The molecule has 0 aliphatic heterocycles. The van der Waals surface area contributed by atoms with Crippen molar-refractivity contribution < 1.29 is 0 Å². The Morgan fingerprint density at radius 2 is 1.57 bits per heavy atom. The molecule has 0 spiro atoms. The Bertz CT molecular complexity index is 629. The van der Waals surface area contributed by atoms with Gasteiger partial charge in [-0.2, -0.15) is 0 Å². The first-order valence-electron chi connectivity index (χ1n) is 7.56. The summed E-state index contributed by atoms with van der Waals surface area (Å²) in [5.74, 6) is 0.996. The molecule has 0 aromatic heterocycles. The third kappa shape index (κ3) is 3.48. The summed E-state index contributed by atoms with van der Waals surface area (Å²) in [4.78, 5) is 0. The van der Waals surface area contributed by atoms with Crippen molar-refractivity contribution in [2.45, 2.75) is 46.1 Å². The summed E-state index contributed by atoms with van der Waals surface area (Å²) in [7, 11) is 0. The molecule has 0 saturated heterocycles. The van der Waals surface area contributed by atoms with Crippen molar-refractivity contribution in [3.05, 3.63) is 58.1 Å². The summed E-state index contributed by atoms with van der Waals surface area (Å²) < 4.78 is 0.